The highest BCUT2D eigenvalue weighted by Crippen LogP contribution is 2.44. The molecule has 0 fully saturated rings. The topological polar surface area (TPSA) is 73.2 Å². The van der Waals surface area contributed by atoms with Crippen molar-refractivity contribution in [1.82, 2.24) is 9.78 Å². The second-order valence-corrected chi connectivity index (χ2v) is 9.02. The maximum Gasteiger partial charge on any atom is 0.341 e. The maximum atomic E-state index is 12.7. The van der Waals surface area contributed by atoms with Gasteiger partial charge in [0.05, 0.1) is 12.7 Å². The van der Waals surface area contributed by atoms with Gasteiger partial charge in [0.15, 0.2) is 5.69 Å². The molecular weight excluding hydrogens is 388 g/mol. The van der Waals surface area contributed by atoms with E-state index in [2.05, 4.69) is 31.2 Å². The summed E-state index contributed by atoms with van der Waals surface area (Å²) in [6.07, 6.45) is 3.54. The minimum atomic E-state index is -2.82. The molecule has 1 aliphatic carbocycles. The molecule has 152 valence electrons. The fraction of sp³-hybridized carbons (Fsp3) is 0.526. The first-order valence-corrected chi connectivity index (χ1v) is 9.81. The summed E-state index contributed by atoms with van der Waals surface area (Å²) in [7, 11) is 1.29. The molecule has 0 saturated carbocycles. The number of nitrogens with one attached hydrogen (secondary N) is 1. The lowest BCUT2D eigenvalue weighted by atomic mass is 9.72. The van der Waals surface area contributed by atoms with Gasteiger partial charge in [0, 0.05) is 11.1 Å². The molecule has 0 aliphatic heterocycles. The van der Waals surface area contributed by atoms with Gasteiger partial charge in [-0.1, -0.05) is 20.8 Å². The number of fused-ring (bicyclic) bond motifs is 1. The Labute approximate surface area is 165 Å². The van der Waals surface area contributed by atoms with E-state index in [-0.39, 0.29) is 11.1 Å². The van der Waals surface area contributed by atoms with Crippen LogP contribution in [0.5, 0.6) is 0 Å². The van der Waals surface area contributed by atoms with Crippen molar-refractivity contribution < 1.29 is 23.1 Å². The molecule has 0 spiro atoms. The Morgan fingerprint density at radius 3 is 2.68 bits per heavy atom. The molecule has 1 amide bonds. The van der Waals surface area contributed by atoms with Crippen molar-refractivity contribution in [3.63, 3.8) is 0 Å². The highest BCUT2D eigenvalue weighted by molar-refractivity contribution is 7.17. The van der Waals surface area contributed by atoms with Gasteiger partial charge in [0.2, 0.25) is 0 Å². The molecule has 0 bridgehead atoms. The number of thiophene rings is 1. The minimum absolute atomic E-state index is 0.138. The molecule has 9 heteroatoms. The lowest BCUT2D eigenvalue weighted by molar-refractivity contribution is 0.0560. The van der Waals surface area contributed by atoms with Crippen molar-refractivity contribution in [3.8, 4) is 0 Å². The molecular formula is C19H23F2N3O3S. The van der Waals surface area contributed by atoms with E-state index in [1.54, 1.807) is 0 Å². The minimum Gasteiger partial charge on any atom is -0.465 e. The molecule has 3 rings (SSSR count). The predicted molar refractivity (Wildman–Crippen MR) is 102 cm³/mol. The van der Waals surface area contributed by atoms with E-state index in [0.29, 0.717) is 21.2 Å². The number of hydrogen-bond donors (Lipinski definition) is 1. The molecule has 2 aromatic rings. The number of carbonyl (C=O) groups excluding carboxylic acids is 2. The summed E-state index contributed by atoms with van der Waals surface area (Å²) in [6.45, 7) is 3.76. The van der Waals surface area contributed by atoms with Crippen LogP contribution >= 0.6 is 11.3 Å². The Bertz CT molecular complexity index is 899. The van der Waals surface area contributed by atoms with Crippen LogP contribution in [-0.2, 0) is 17.6 Å². The van der Waals surface area contributed by atoms with Crippen LogP contribution in [0, 0.1) is 11.3 Å². The van der Waals surface area contributed by atoms with Crippen LogP contribution in [0.3, 0.4) is 0 Å². The first-order chi connectivity index (χ1) is 13.1. The van der Waals surface area contributed by atoms with Crippen LogP contribution < -0.4 is 5.32 Å². The number of nitrogens with zero attached hydrogens (tertiary/aromatic N) is 2. The second-order valence-electron chi connectivity index (χ2n) is 7.92. The Balaban J connectivity index is 1.91. The van der Waals surface area contributed by atoms with Gasteiger partial charge in [-0.15, -0.1) is 11.3 Å². The maximum absolute atomic E-state index is 12.7. The number of methoxy groups -OCH3 is 1. The normalized spacial score (nSPS) is 16.8. The number of hydrogen-bond acceptors (Lipinski definition) is 5. The molecule has 2 aromatic heterocycles. The number of ether oxygens (including phenoxy) is 1. The third-order valence-electron chi connectivity index (χ3n) is 5.15. The highest BCUT2D eigenvalue weighted by atomic mass is 32.1. The molecule has 1 unspecified atom stereocenters. The lowest BCUT2D eigenvalue weighted by Crippen LogP contribution is -2.26. The second kappa shape index (κ2) is 7.62. The number of amides is 1. The smallest absolute Gasteiger partial charge is 0.341 e. The number of rotatable bonds is 4. The van der Waals surface area contributed by atoms with E-state index < -0.39 is 18.4 Å². The molecule has 1 N–H and O–H groups in total. The van der Waals surface area contributed by atoms with E-state index in [0.717, 1.165) is 35.9 Å². The van der Waals surface area contributed by atoms with Crippen LogP contribution in [0.25, 0.3) is 0 Å². The quantitative estimate of drug-likeness (QED) is 0.751. The third kappa shape index (κ3) is 3.94. The number of aromatic nitrogens is 2. The molecule has 1 aliphatic rings. The fourth-order valence-electron chi connectivity index (χ4n) is 3.47. The van der Waals surface area contributed by atoms with Crippen LogP contribution in [0.4, 0.5) is 13.8 Å². The molecule has 6 nitrogen and oxygen atoms in total. The highest BCUT2D eigenvalue weighted by Gasteiger charge is 2.34. The summed E-state index contributed by atoms with van der Waals surface area (Å²) in [4.78, 5) is 25.9. The van der Waals surface area contributed by atoms with Gasteiger partial charge in [-0.25, -0.2) is 9.48 Å². The average Bonchev–Trinajstić information content (AvgIpc) is 3.24. The summed E-state index contributed by atoms with van der Waals surface area (Å²) >= 11 is 1.35. The number of esters is 1. The van der Waals surface area contributed by atoms with Crippen molar-refractivity contribution in [1.29, 1.82) is 0 Å². The van der Waals surface area contributed by atoms with Crippen molar-refractivity contribution in [2.24, 2.45) is 11.3 Å². The molecule has 2 heterocycles. The molecule has 0 radical (unpaired) electrons. The Hall–Kier alpha value is -2.29. The van der Waals surface area contributed by atoms with Gasteiger partial charge in [0.1, 0.15) is 5.00 Å². The van der Waals surface area contributed by atoms with Gasteiger partial charge < -0.3 is 10.1 Å². The van der Waals surface area contributed by atoms with Gasteiger partial charge in [-0.2, -0.15) is 13.9 Å². The number of carbonyl (C=O) groups is 2. The average molecular weight is 411 g/mol. The number of anilines is 1. The van der Waals surface area contributed by atoms with Crippen molar-refractivity contribution >= 4 is 28.2 Å². The van der Waals surface area contributed by atoms with E-state index in [4.69, 9.17) is 4.74 Å². The summed E-state index contributed by atoms with van der Waals surface area (Å²) in [6, 6.07) is 1.21. The van der Waals surface area contributed by atoms with Crippen LogP contribution in [0.1, 0.15) is 65.0 Å². The Morgan fingerprint density at radius 1 is 1.39 bits per heavy atom. The summed E-state index contributed by atoms with van der Waals surface area (Å²) in [5.41, 5.74) is 1.26. The van der Waals surface area contributed by atoms with E-state index in [1.807, 2.05) is 0 Å². The summed E-state index contributed by atoms with van der Waals surface area (Å²) < 4.78 is 30.7. The van der Waals surface area contributed by atoms with Gasteiger partial charge in [-0.3, -0.25) is 4.79 Å². The number of alkyl halides is 2. The van der Waals surface area contributed by atoms with Gasteiger partial charge >= 0.3 is 12.5 Å². The molecule has 0 aromatic carbocycles. The molecule has 28 heavy (non-hydrogen) atoms. The monoisotopic (exact) mass is 411 g/mol. The van der Waals surface area contributed by atoms with E-state index in [1.165, 1.54) is 24.5 Å². The molecule has 0 saturated heterocycles. The lowest BCUT2D eigenvalue weighted by Gasteiger charge is -2.33. The summed E-state index contributed by atoms with van der Waals surface area (Å²) in [5.74, 6) is -0.690. The first kappa shape index (κ1) is 20.4. The van der Waals surface area contributed by atoms with Crippen LogP contribution in [0.2, 0.25) is 0 Å². The van der Waals surface area contributed by atoms with E-state index in [9.17, 15) is 18.4 Å². The zero-order chi connectivity index (χ0) is 20.6. The number of halogens is 2. The van der Waals surface area contributed by atoms with Crippen LogP contribution in [-0.4, -0.2) is 28.8 Å². The standard InChI is InChI=1S/C19H23F2N3O3S/c1-19(2,3)10-5-6-11-13(9-10)28-16(14(11)17(26)27-4)22-15(25)12-7-8-24(23-12)18(20)21/h7-8,10,18H,5-6,9H2,1-4H3,(H,22,25). The third-order valence-corrected chi connectivity index (χ3v) is 6.32. The largest absolute Gasteiger partial charge is 0.465 e. The zero-order valence-electron chi connectivity index (χ0n) is 16.2. The SMILES string of the molecule is COC(=O)c1c(NC(=O)c2ccn(C(F)F)n2)sc2c1CCC(C(C)(C)C)C2. The molecule has 1 atom stereocenters. The van der Waals surface area contributed by atoms with Crippen molar-refractivity contribution in [3.05, 3.63) is 34.0 Å². The fourth-order valence-corrected chi connectivity index (χ4v) is 4.78. The van der Waals surface area contributed by atoms with Gasteiger partial charge in [-0.05, 0) is 42.2 Å². The van der Waals surface area contributed by atoms with Crippen LogP contribution in [0.15, 0.2) is 12.3 Å². The first-order valence-electron chi connectivity index (χ1n) is 8.99. The van der Waals surface area contributed by atoms with Gasteiger partial charge in [0.25, 0.3) is 5.91 Å². The Morgan fingerprint density at radius 2 is 2.11 bits per heavy atom. The zero-order valence-corrected chi connectivity index (χ0v) is 17.0. The predicted octanol–water partition coefficient (Wildman–Crippen LogP) is 4.53. The van der Waals surface area contributed by atoms with Crippen molar-refractivity contribution in [2.75, 3.05) is 12.4 Å². The summed E-state index contributed by atoms with van der Waals surface area (Å²) in [5, 5.41) is 6.61. The van der Waals surface area contributed by atoms with E-state index >= 15 is 0 Å². The Kier molecular flexibility index (Phi) is 5.56. The van der Waals surface area contributed by atoms with Crippen molar-refractivity contribution in [2.45, 2.75) is 46.6 Å².